The molecule has 4 rings (SSSR count). The summed E-state index contributed by atoms with van der Waals surface area (Å²) < 4.78 is 44.0. The molecule has 2 saturated heterocycles. The quantitative estimate of drug-likeness (QED) is 0.843. The van der Waals surface area contributed by atoms with Crippen LogP contribution in [0.2, 0.25) is 0 Å². The third kappa shape index (κ3) is 4.55. The minimum atomic E-state index is -4.45. The molecule has 2 aromatic rings. The lowest BCUT2D eigenvalue weighted by Crippen LogP contribution is -2.49. The average Bonchev–Trinajstić information content (AvgIpc) is 3.16. The molecule has 2 atom stereocenters. The van der Waals surface area contributed by atoms with Gasteiger partial charge < -0.3 is 14.5 Å². The number of nitrogens with zero attached hydrogens (tertiary/aromatic N) is 3. The first kappa shape index (κ1) is 19.8. The first-order chi connectivity index (χ1) is 13.9. The van der Waals surface area contributed by atoms with Crippen LogP contribution < -0.4 is 15.4 Å². The predicted octanol–water partition coefficient (Wildman–Crippen LogP) is 2.75. The van der Waals surface area contributed by atoms with E-state index in [4.69, 9.17) is 4.74 Å². The molecule has 0 bridgehead atoms. The van der Waals surface area contributed by atoms with Crippen LogP contribution in [0.1, 0.15) is 18.4 Å². The van der Waals surface area contributed by atoms with Crippen molar-refractivity contribution >= 4 is 11.8 Å². The van der Waals surface area contributed by atoms with Gasteiger partial charge in [0.2, 0.25) is 5.95 Å². The molecule has 29 heavy (non-hydrogen) atoms. The lowest BCUT2D eigenvalue weighted by Gasteiger charge is -2.35. The fourth-order valence-corrected chi connectivity index (χ4v) is 4.00. The van der Waals surface area contributed by atoms with Gasteiger partial charge in [-0.15, -0.1) is 0 Å². The third-order valence-electron chi connectivity index (χ3n) is 5.43. The van der Waals surface area contributed by atoms with E-state index >= 15 is 0 Å². The van der Waals surface area contributed by atoms with E-state index < -0.39 is 12.3 Å². The smallest absolute Gasteiger partial charge is 0.365 e. The zero-order valence-corrected chi connectivity index (χ0v) is 15.9. The lowest BCUT2D eigenvalue weighted by molar-refractivity contribution is -0.221. The molecule has 1 aromatic carbocycles. The molecule has 2 fully saturated rings. The maximum Gasteiger partial charge on any atom is 0.416 e. The number of rotatable bonds is 4. The van der Waals surface area contributed by atoms with E-state index in [0.29, 0.717) is 5.95 Å². The zero-order chi connectivity index (χ0) is 20.4. The number of hydrogen-bond acceptors (Lipinski definition) is 5. The Balaban J connectivity index is 1.56. The second-order valence-corrected chi connectivity index (χ2v) is 7.45. The summed E-state index contributed by atoms with van der Waals surface area (Å²) in [6.45, 7) is 0.579. The number of nitrogens with one attached hydrogen (secondary N) is 1. The van der Waals surface area contributed by atoms with Crippen molar-refractivity contribution < 1.29 is 17.9 Å². The van der Waals surface area contributed by atoms with E-state index in [1.54, 1.807) is 0 Å². The molecule has 0 amide bonds. The van der Waals surface area contributed by atoms with Gasteiger partial charge in [-0.25, -0.2) is 0 Å². The molecule has 1 N–H and O–H groups in total. The van der Waals surface area contributed by atoms with Crippen molar-refractivity contribution in [2.75, 3.05) is 36.0 Å². The van der Waals surface area contributed by atoms with Crippen molar-refractivity contribution in [3.8, 4) is 0 Å². The predicted molar refractivity (Wildman–Crippen MR) is 103 cm³/mol. The molecule has 2 aliphatic rings. The lowest BCUT2D eigenvalue weighted by atomic mass is 10.0. The molecule has 0 radical (unpaired) electrons. The minimum absolute atomic E-state index is 0.0612. The Morgan fingerprint density at radius 3 is 2.76 bits per heavy atom. The highest BCUT2D eigenvalue weighted by Crippen LogP contribution is 2.29. The van der Waals surface area contributed by atoms with Crippen LogP contribution in [0.15, 0.2) is 41.2 Å². The summed E-state index contributed by atoms with van der Waals surface area (Å²) in [7, 11) is 0. The van der Waals surface area contributed by atoms with E-state index in [1.807, 2.05) is 18.2 Å². The summed E-state index contributed by atoms with van der Waals surface area (Å²) in [6.07, 6.45) is -3.56. The number of H-pyrrole nitrogens is 1. The molecule has 156 valence electrons. The highest BCUT2D eigenvalue weighted by molar-refractivity contribution is 5.45. The molecule has 3 heterocycles. The number of ether oxygens (including phenoxy) is 1. The summed E-state index contributed by atoms with van der Waals surface area (Å²) in [4.78, 5) is 23.1. The van der Waals surface area contributed by atoms with Gasteiger partial charge in [0.1, 0.15) is 5.82 Å². The van der Waals surface area contributed by atoms with Gasteiger partial charge in [-0.2, -0.15) is 18.2 Å². The van der Waals surface area contributed by atoms with E-state index in [9.17, 15) is 18.0 Å². The maximum absolute atomic E-state index is 13.0. The Morgan fingerprint density at radius 1 is 1.21 bits per heavy atom. The second-order valence-electron chi connectivity index (χ2n) is 7.45. The first-order valence-corrected chi connectivity index (χ1v) is 9.75. The van der Waals surface area contributed by atoms with Crippen molar-refractivity contribution in [3.05, 3.63) is 52.3 Å². The fraction of sp³-hybridized carbons (Fsp3) is 0.500. The molecule has 0 unspecified atom stereocenters. The number of alkyl halides is 3. The number of morpholine rings is 1. The number of benzene rings is 1. The van der Waals surface area contributed by atoms with Crippen LogP contribution in [0.25, 0.3) is 0 Å². The van der Waals surface area contributed by atoms with Gasteiger partial charge in [-0.3, -0.25) is 9.78 Å². The van der Waals surface area contributed by atoms with Crippen LogP contribution in [0, 0.1) is 0 Å². The molecule has 0 saturated carbocycles. The topological polar surface area (TPSA) is 61.5 Å². The van der Waals surface area contributed by atoms with Gasteiger partial charge in [0, 0.05) is 25.2 Å². The summed E-state index contributed by atoms with van der Waals surface area (Å²) >= 11 is 0. The Hall–Kier alpha value is -2.55. The van der Waals surface area contributed by atoms with Gasteiger partial charge in [-0.1, -0.05) is 30.3 Å². The molecule has 6 nitrogen and oxygen atoms in total. The molecule has 9 heteroatoms. The van der Waals surface area contributed by atoms with Gasteiger partial charge in [0.25, 0.3) is 5.56 Å². The zero-order valence-electron chi connectivity index (χ0n) is 15.9. The van der Waals surface area contributed by atoms with E-state index in [-0.39, 0.29) is 37.1 Å². The van der Waals surface area contributed by atoms with E-state index in [0.717, 1.165) is 25.8 Å². The van der Waals surface area contributed by atoms with Crippen molar-refractivity contribution in [1.82, 2.24) is 9.97 Å². The Bertz CT molecular complexity index is 887. The van der Waals surface area contributed by atoms with Gasteiger partial charge >= 0.3 is 6.18 Å². The van der Waals surface area contributed by atoms with Crippen LogP contribution in [0.5, 0.6) is 0 Å². The number of aromatic nitrogens is 2. The molecule has 0 aliphatic carbocycles. The summed E-state index contributed by atoms with van der Waals surface area (Å²) in [5.74, 6) is 0.674. The fourth-order valence-electron chi connectivity index (χ4n) is 4.00. The average molecular weight is 408 g/mol. The van der Waals surface area contributed by atoms with Crippen LogP contribution in [-0.2, 0) is 11.2 Å². The minimum Gasteiger partial charge on any atom is -0.365 e. The van der Waals surface area contributed by atoms with Crippen LogP contribution in [0.4, 0.5) is 24.9 Å². The van der Waals surface area contributed by atoms with Gasteiger partial charge in [-0.05, 0) is 24.8 Å². The molecular weight excluding hydrogens is 385 g/mol. The number of hydrogen-bond donors (Lipinski definition) is 1. The Labute approximate surface area is 166 Å². The van der Waals surface area contributed by atoms with Gasteiger partial charge in [0.15, 0.2) is 6.10 Å². The van der Waals surface area contributed by atoms with Crippen molar-refractivity contribution in [3.63, 3.8) is 0 Å². The number of aromatic amines is 1. The van der Waals surface area contributed by atoms with Crippen molar-refractivity contribution in [2.24, 2.45) is 0 Å². The molecular formula is C20H23F3N4O2. The highest BCUT2D eigenvalue weighted by atomic mass is 19.4. The van der Waals surface area contributed by atoms with Gasteiger partial charge in [0.05, 0.1) is 13.2 Å². The standard InChI is InChI=1S/C20H23F3N4O2/c21-20(22,23)16-13-26(9-10-29-16)17-12-18(28)25-19(24-17)27-8-4-7-15(27)11-14-5-2-1-3-6-14/h1-3,5-6,12,15-16H,4,7-11,13H2,(H,24,25,28)/t15-,16-/m0/s1. The third-order valence-corrected chi connectivity index (χ3v) is 5.43. The Kier molecular flexibility index (Phi) is 5.49. The van der Waals surface area contributed by atoms with E-state index in [2.05, 4.69) is 27.0 Å². The molecule has 0 spiro atoms. The maximum atomic E-state index is 13.0. The molecule has 1 aromatic heterocycles. The SMILES string of the molecule is O=c1cc(N2CCO[C@H](C(F)(F)F)C2)nc(N2CCC[C@H]2Cc2ccccc2)[nH]1. The number of anilines is 2. The van der Waals surface area contributed by atoms with E-state index in [1.165, 1.54) is 16.5 Å². The van der Waals surface area contributed by atoms with Crippen LogP contribution >= 0.6 is 0 Å². The van der Waals surface area contributed by atoms with Crippen LogP contribution in [-0.4, -0.2) is 54.5 Å². The molecule has 2 aliphatic heterocycles. The second kappa shape index (κ2) is 8.06. The summed E-state index contributed by atoms with van der Waals surface area (Å²) in [5.41, 5.74) is 0.828. The normalized spacial score (nSPS) is 22.9. The first-order valence-electron chi connectivity index (χ1n) is 9.75. The summed E-state index contributed by atoms with van der Waals surface area (Å²) in [5, 5.41) is 0. The summed E-state index contributed by atoms with van der Waals surface area (Å²) in [6, 6.07) is 11.5. The van der Waals surface area contributed by atoms with Crippen molar-refractivity contribution in [2.45, 2.75) is 37.6 Å². The largest absolute Gasteiger partial charge is 0.416 e. The highest BCUT2D eigenvalue weighted by Gasteiger charge is 2.43. The van der Waals surface area contributed by atoms with Crippen molar-refractivity contribution in [1.29, 1.82) is 0 Å². The number of halogens is 3. The monoisotopic (exact) mass is 408 g/mol. The van der Waals surface area contributed by atoms with Crippen LogP contribution in [0.3, 0.4) is 0 Å². The Morgan fingerprint density at radius 2 is 2.00 bits per heavy atom.